The second-order valence-corrected chi connectivity index (χ2v) is 6.01. The van der Waals surface area contributed by atoms with Crippen molar-refractivity contribution in [2.45, 2.75) is 43.2 Å². The fourth-order valence-corrected chi connectivity index (χ4v) is 3.01. The third-order valence-electron chi connectivity index (χ3n) is 3.33. The summed E-state index contributed by atoms with van der Waals surface area (Å²) in [5.41, 5.74) is 0. The fraction of sp³-hybridized carbons (Fsp3) is 0.500. The summed E-state index contributed by atoms with van der Waals surface area (Å²) in [6, 6.07) is 4.69. The van der Waals surface area contributed by atoms with Crippen molar-refractivity contribution in [1.82, 2.24) is 10.6 Å². The number of hydrogen-bond acceptors (Lipinski definition) is 4. The minimum Gasteiger partial charge on any atom is -0.618 e. The van der Waals surface area contributed by atoms with Gasteiger partial charge in [0.2, 0.25) is 5.91 Å². The monoisotopic (exact) mass is 309 g/mol. The Balaban J connectivity index is 1.71. The highest BCUT2D eigenvalue weighted by Crippen LogP contribution is 2.17. The van der Waals surface area contributed by atoms with Crippen LogP contribution < -0.4 is 15.4 Å². The van der Waals surface area contributed by atoms with E-state index in [4.69, 9.17) is 0 Å². The summed E-state index contributed by atoms with van der Waals surface area (Å²) >= 11 is 1.10. The summed E-state index contributed by atoms with van der Waals surface area (Å²) < 4.78 is 0.694. The van der Waals surface area contributed by atoms with Crippen LogP contribution in [0.3, 0.4) is 0 Å². The molecule has 0 unspecified atom stereocenters. The Kier molecular flexibility index (Phi) is 5.86. The molecule has 21 heavy (non-hydrogen) atoms. The number of nitrogens with zero attached hydrogens (tertiary/aromatic N) is 1. The molecular weight excluding hydrogens is 290 g/mol. The van der Waals surface area contributed by atoms with Gasteiger partial charge in [-0.05, 0) is 30.7 Å². The zero-order chi connectivity index (χ0) is 15.1. The molecule has 6 nitrogen and oxygen atoms in total. The van der Waals surface area contributed by atoms with Crippen LogP contribution >= 0.6 is 11.8 Å². The average Bonchev–Trinajstić information content (AvgIpc) is 2.47. The standard InChI is InChI=1S/C14H19N3O3S/c18-12(10-21-13-8-4-5-9-17(13)20)16-14(19)15-11-6-2-1-3-7-11/h4-5,8-9,11H,1-3,6-7,10H2,(H2,15,16,18,19). The van der Waals surface area contributed by atoms with Crippen molar-refractivity contribution < 1.29 is 14.3 Å². The number of rotatable bonds is 4. The minimum absolute atomic E-state index is 0.0321. The number of imide groups is 1. The Bertz CT molecular complexity index is 504. The topological polar surface area (TPSA) is 85.1 Å². The van der Waals surface area contributed by atoms with Crippen molar-refractivity contribution in [1.29, 1.82) is 0 Å². The van der Waals surface area contributed by atoms with Crippen molar-refractivity contribution in [3.05, 3.63) is 29.6 Å². The first-order chi connectivity index (χ1) is 10.1. The lowest BCUT2D eigenvalue weighted by Crippen LogP contribution is -2.45. The van der Waals surface area contributed by atoms with Gasteiger partial charge in [0.05, 0.1) is 5.75 Å². The zero-order valence-electron chi connectivity index (χ0n) is 11.7. The molecule has 1 fully saturated rings. The van der Waals surface area contributed by atoms with Gasteiger partial charge in [-0.1, -0.05) is 19.3 Å². The normalized spacial score (nSPS) is 15.4. The van der Waals surface area contributed by atoms with Crippen molar-refractivity contribution in [3.63, 3.8) is 0 Å². The molecule has 0 bridgehead atoms. The summed E-state index contributed by atoms with van der Waals surface area (Å²) in [6.45, 7) is 0. The molecule has 0 aliphatic heterocycles. The van der Waals surface area contributed by atoms with Crippen LogP contribution in [0.5, 0.6) is 0 Å². The Labute approximate surface area is 127 Å². The number of hydrogen-bond donors (Lipinski definition) is 2. The highest BCUT2D eigenvalue weighted by Gasteiger charge is 2.17. The van der Waals surface area contributed by atoms with Gasteiger partial charge in [-0.3, -0.25) is 10.1 Å². The summed E-state index contributed by atoms with van der Waals surface area (Å²) in [7, 11) is 0. The third-order valence-corrected chi connectivity index (χ3v) is 4.35. The summed E-state index contributed by atoms with van der Waals surface area (Å²) in [5.74, 6) is -0.373. The Morgan fingerprint density at radius 1 is 1.29 bits per heavy atom. The number of carbonyl (C=O) groups is 2. The SMILES string of the molecule is O=C(CSc1cccc[n+]1[O-])NC(=O)NC1CCCCC1. The lowest BCUT2D eigenvalue weighted by atomic mass is 9.96. The molecule has 0 atom stereocenters. The largest absolute Gasteiger partial charge is 0.618 e. The van der Waals surface area contributed by atoms with E-state index in [-0.39, 0.29) is 11.8 Å². The smallest absolute Gasteiger partial charge is 0.321 e. The zero-order valence-corrected chi connectivity index (χ0v) is 12.5. The van der Waals surface area contributed by atoms with Crippen LogP contribution in [0.15, 0.2) is 29.4 Å². The molecule has 0 aromatic carbocycles. The van der Waals surface area contributed by atoms with Crippen molar-refractivity contribution >= 4 is 23.7 Å². The van der Waals surface area contributed by atoms with Crippen molar-refractivity contribution in [2.24, 2.45) is 0 Å². The van der Waals surface area contributed by atoms with E-state index >= 15 is 0 Å². The van der Waals surface area contributed by atoms with Crippen molar-refractivity contribution in [2.75, 3.05) is 5.75 Å². The molecule has 1 heterocycles. The lowest BCUT2D eigenvalue weighted by Gasteiger charge is -2.22. The van der Waals surface area contributed by atoms with E-state index in [1.54, 1.807) is 18.2 Å². The van der Waals surface area contributed by atoms with E-state index < -0.39 is 11.9 Å². The van der Waals surface area contributed by atoms with Gasteiger partial charge in [-0.15, -0.1) is 0 Å². The van der Waals surface area contributed by atoms with Gasteiger partial charge in [0.25, 0.3) is 5.03 Å². The molecule has 0 saturated heterocycles. The lowest BCUT2D eigenvalue weighted by molar-refractivity contribution is -0.645. The molecule has 7 heteroatoms. The number of aromatic nitrogens is 1. The average molecular weight is 309 g/mol. The predicted octanol–water partition coefficient (Wildman–Crippen LogP) is 1.57. The maximum atomic E-state index is 11.7. The molecule has 1 aromatic rings. The highest BCUT2D eigenvalue weighted by molar-refractivity contribution is 7.99. The van der Waals surface area contributed by atoms with Crippen LogP contribution in [-0.4, -0.2) is 23.7 Å². The van der Waals surface area contributed by atoms with Crippen LogP contribution in [0, 0.1) is 5.21 Å². The minimum atomic E-state index is -0.449. The van der Waals surface area contributed by atoms with Gasteiger partial charge in [-0.2, -0.15) is 4.73 Å². The van der Waals surface area contributed by atoms with Gasteiger partial charge < -0.3 is 10.5 Å². The van der Waals surface area contributed by atoms with Crippen LogP contribution in [0.1, 0.15) is 32.1 Å². The maximum absolute atomic E-state index is 11.7. The maximum Gasteiger partial charge on any atom is 0.321 e. The molecule has 1 aromatic heterocycles. The molecule has 2 N–H and O–H groups in total. The van der Waals surface area contributed by atoms with Crippen LogP contribution in [0.2, 0.25) is 0 Å². The molecule has 3 amide bonds. The third kappa shape index (κ3) is 5.26. The van der Waals surface area contributed by atoms with Gasteiger partial charge in [0.15, 0.2) is 6.20 Å². The van der Waals surface area contributed by atoms with Gasteiger partial charge in [0.1, 0.15) is 0 Å². The summed E-state index contributed by atoms with van der Waals surface area (Å²) in [5, 5.41) is 16.9. The molecule has 2 rings (SSSR count). The molecule has 1 aliphatic rings. The first kappa shape index (κ1) is 15.6. The van der Waals surface area contributed by atoms with Gasteiger partial charge in [0, 0.05) is 18.2 Å². The van der Waals surface area contributed by atoms with E-state index in [2.05, 4.69) is 10.6 Å². The number of urea groups is 1. The second kappa shape index (κ2) is 7.87. The number of thioether (sulfide) groups is 1. The molecule has 0 radical (unpaired) electrons. The predicted molar refractivity (Wildman–Crippen MR) is 79.7 cm³/mol. The molecular formula is C14H19N3O3S. The summed E-state index contributed by atoms with van der Waals surface area (Å²) in [4.78, 5) is 23.4. The quantitative estimate of drug-likeness (QED) is 0.502. The van der Waals surface area contributed by atoms with E-state index in [0.29, 0.717) is 9.76 Å². The molecule has 0 spiro atoms. The van der Waals surface area contributed by atoms with Gasteiger partial charge >= 0.3 is 6.03 Å². The van der Waals surface area contributed by atoms with Crippen LogP contribution in [0.25, 0.3) is 0 Å². The molecule has 1 saturated carbocycles. The van der Waals surface area contributed by atoms with Crippen LogP contribution in [-0.2, 0) is 4.79 Å². The molecule has 114 valence electrons. The number of pyridine rings is 1. The Morgan fingerprint density at radius 2 is 2.05 bits per heavy atom. The van der Waals surface area contributed by atoms with E-state index in [0.717, 1.165) is 37.4 Å². The number of nitrogens with one attached hydrogen (secondary N) is 2. The first-order valence-corrected chi connectivity index (χ1v) is 8.05. The second-order valence-electron chi connectivity index (χ2n) is 5.01. The first-order valence-electron chi connectivity index (χ1n) is 7.06. The Morgan fingerprint density at radius 3 is 2.76 bits per heavy atom. The number of carbonyl (C=O) groups excluding carboxylic acids is 2. The van der Waals surface area contributed by atoms with Gasteiger partial charge in [-0.25, -0.2) is 4.79 Å². The van der Waals surface area contributed by atoms with E-state index in [1.807, 2.05) is 0 Å². The van der Waals surface area contributed by atoms with E-state index in [1.165, 1.54) is 12.6 Å². The van der Waals surface area contributed by atoms with E-state index in [9.17, 15) is 14.8 Å². The number of amides is 3. The fourth-order valence-electron chi connectivity index (χ4n) is 2.29. The Hall–Kier alpha value is -1.76. The summed E-state index contributed by atoms with van der Waals surface area (Å²) in [6.07, 6.45) is 6.75. The molecule has 1 aliphatic carbocycles. The van der Waals surface area contributed by atoms with Crippen molar-refractivity contribution in [3.8, 4) is 0 Å². The van der Waals surface area contributed by atoms with Crippen LogP contribution in [0.4, 0.5) is 4.79 Å². The highest BCUT2D eigenvalue weighted by atomic mass is 32.2.